The van der Waals surface area contributed by atoms with E-state index < -0.39 is 15.8 Å². The molecule has 1 heterocycles. The van der Waals surface area contributed by atoms with Crippen molar-refractivity contribution in [1.29, 1.82) is 0 Å². The van der Waals surface area contributed by atoms with Crippen LogP contribution in [0.4, 0.5) is 0 Å². The van der Waals surface area contributed by atoms with Gasteiger partial charge >= 0.3 is 5.97 Å². The number of carbonyl (C=O) groups is 1. The zero-order chi connectivity index (χ0) is 20.1. The summed E-state index contributed by atoms with van der Waals surface area (Å²) in [6.45, 7) is 3.55. The van der Waals surface area contributed by atoms with Crippen molar-refractivity contribution in [3.8, 4) is 11.5 Å². The Morgan fingerprint density at radius 3 is 2.39 bits per heavy atom. The Labute approximate surface area is 164 Å². The average molecular weight is 399 g/mol. The monoisotopic (exact) mass is 399 g/mol. The minimum absolute atomic E-state index is 0.0639. The lowest BCUT2D eigenvalue weighted by atomic mass is 10.2. The topological polar surface area (TPSA) is 86.5 Å². The van der Waals surface area contributed by atoms with Crippen LogP contribution in [-0.2, 0) is 26.0 Å². The van der Waals surface area contributed by atoms with Gasteiger partial charge in [-0.1, -0.05) is 35.9 Å². The SMILES string of the molecule is Cc1ccc(S(=O)(=O)CCC(=O)OCc2nc(-c3ccccc3)oc2C)cc1. The molecule has 0 N–H and O–H groups in total. The summed E-state index contributed by atoms with van der Waals surface area (Å²) in [6.07, 6.45) is -0.224. The van der Waals surface area contributed by atoms with E-state index in [9.17, 15) is 13.2 Å². The summed E-state index contributed by atoms with van der Waals surface area (Å²) < 4.78 is 35.4. The lowest BCUT2D eigenvalue weighted by Crippen LogP contribution is -2.14. The number of sulfone groups is 1. The predicted molar refractivity (Wildman–Crippen MR) is 104 cm³/mol. The van der Waals surface area contributed by atoms with E-state index in [1.54, 1.807) is 31.2 Å². The largest absolute Gasteiger partial charge is 0.459 e. The fourth-order valence-corrected chi connectivity index (χ4v) is 3.79. The van der Waals surface area contributed by atoms with Gasteiger partial charge < -0.3 is 9.15 Å². The molecule has 3 rings (SSSR count). The lowest BCUT2D eigenvalue weighted by molar-refractivity contribution is -0.144. The molecule has 7 heteroatoms. The zero-order valence-electron chi connectivity index (χ0n) is 15.7. The van der Waals surface area contributed by atoms with Crippen LogP contribution in [0.25, 0.3) is 11.5 Å². The minimum atomic E-state index is -3.53. The van der Waals surface area contributed by atoms with Gasteiger partial charge in [0, 0.05) is 5.56 Å². The second kappa shape index (κ2) is 8.39. The van der Waals surface area contributed by atoms with E-state index in [1.165, 1.54) is 0 Å². The highest BCUT2D eigenvalue weighted by atomic mass is 32.2. The van der Waals surface area contributed by atoms with Crippen LogP contribution in [0.1, 0.15) is 23.4 Å². The number of hydrogen-bond acceptors (Lipinski definition) is 6. The molecule has 0 saturated carbocycles. The zero-order valence-corrected chi connectivity index (χ0v) is 16.5. The molecule has 0 spiro atoms. The van der Waals surface area contributed by atoms with E-state index in [0.717, 1.165) is 11.1 Å². The molecule has 2 aromatic carbocycles. The number of hydrogen-bond donors (Lipinski definition) is 0. The van der Waals surface area contributed by atoms with Crippen molar-refractivity contribution in [3.63, 3.8) is 0 Å². The Hall–Kier alpha value is -2.93. The summed E-state index contributed by atoms with van der Waals surface area (Å²) in [5, 5.41) is 0. The fraction of sp³-hybridized carbons (Fsp3) is 0.238. The van der Waals surface area contributed by atoms with Gasteiger partial charge in [0.05, 0.1) is 17.1 Å². The number of nitrogens with zero attached hydrogens (tertiary/aromatic N) is 1. The van der Waals surface area contributed by atoms with Gasteiger partial charge in [0.2, 0.25) is 5.89 Å². The van der Waals surface area contributed by atoms with Crippen molar-refractivity contribution < 1.29 is 22.4 Å². The number of benzene rings is 2. The van der Waals surface area contributed by atoms with Crippen molar-refractivity contribution in [2.45, 2.75) is 31.8 Å². The number of aryl methyl sites for hydroxylation is 2. The molecule has 3 aromatic rings. The van der Waals surface area contributed by atoms with E-state index in [0.29, 0.717) is 17.3 Å². The Balaban J connectivity index is 1.56. The van der Waals surface area contributed by atoms with Crippen molar-refractivity contribution in [2.24, 2.45) is 0 Å². The number of esters is 1. The summed E-state index contributed by atoms with van der Waals surface area (Å²) in [6, 6.07) is 15.9. The van der Waals surface area contributed by atoms with E-state index >= 15 is 0 Å². The molecule has 0 aliphatic rings. The third kappa shape index (κ3) is 4.86. The molecule has 1 aromatic heterocycles. The van der Waals surface area contributed by atoms with Gasteiger partial charge in [-0.3, -0.25) is 4.79 Å². The van der Waals surface area contributed by atoms with Crippen LogP contribution < -0.4 is 0 Å². The molecule has 146 valence electrons. The van der Waals surface area contributed by atoms with Crippen LogP contribution in [0.15, 0.2) is 63.9 Å². The van der Waals surface area contributed by atoms with Crippen molar-refractivity contribution in [3.05, 3.63) is 71.6 Å². The Morgan fingerprint density at radius 2 is 1.71 bits per heavy atom. The van der Waals surface area contributed by atoms with Crippen LogP contribution in [0.5, 0.6) is 0 Å². The first-order valence-electron chi connectivity index (χ1n) is 8.82. The first-order valence-corrected chi connectivity index (χ1v) is 10.5. The van der Waals surface area contributed by atoms with Crippen LogP contribution in [0.3, 0.4) is 0 Å². The van der Waals surface area contributed by atoms with Crippen LogP contribution in [0.2, 0.25) is 0 Å². The summed E-state index contributed by atoms with van der Waals surface area (Å²) in [5.41, 5.74) is 2.30. The minimum Gasteiger partial charge on any atom is -0.459 e. The second-order valence-corrected chi connectivity index (χ2v) is 8.54. The molecule has 6 nitrogen and oxygen atoms in total. The molecule has 0 bridgehead atoms. The first kappa shape index (κ1) is 19.8. The standard InChI is InChI=1S/C21H21NO5S/c1-15-8-10-18(11-9-15)28(24,25)13-12-20(23)26-14-19-16(2)27-21(22-19)17-6-4-3-5-7-17/h3-11H,12-14H2,1-2H3. The van der Waals surface area contributed by atoms with E-state index in [4.69, 9.17) is 9.15 Å². The van der Waals surface area contributed by atoms with Gasteiger partial charge in [-0.15, -0.1) is 0 Å². The van der Waals surface area contributed by atoms with Crippen molar-refractivity contribution in [2.75, 3.05) is 5.75 Å². The summed E-state index contributed by atoms with van der Waals surface area (Å²) in [7, 11) is -3.53. The smallest absolute Gasteiger partial charge is 0.307 e. The number of rotatable bonds is 7. The van der Waals surface area contributed by atoms with Gasteiger partial charge in [0.1, 0.15) is 18.1 Å². The fourth-order valence-electron chi connectivity index (χ4n) is 2.57. The van der Waals surface area contributed by atoms with Gasteiger partial charge in [0.15, 0.2) is 9.84 Å². The molecular weight excluding hydrogens is 378 g/mol. The molecule has 0 radical (unpaired) electrons. The third-order valence-corrected chi connectivity index (χ3v) is 5.97. The highest BCUT2D eigenvalue weighted by Gasteiger charge is 2.18. The molecule has 28 heavy (non-hydrogen) atoms. The Bertz CT molecular complexity index is 1050. The highest BCUT2D eigenvalue weighted by Crippen LogP contribution is 2.22. The maximum atomic E-state index is 12.3. The highest BCUT2D eigenvalue weighted by molar-refractivity contribution is 7.91. The van der Waals surface area contributed by atoms with Gasteiger partial charge in [-0.25, -0.2) is 13.4 Å². The van der Waals surface area contributed by atoms with Gasteiger partial charge in [-0.05, 0) is 38.1 Å². The quantitative estimate of drug-likeness (QED) is 0.561. The van der Waals surface area contributed by atoms with Gasteiger partial charge in [0.25, 0.3) is 0 Å². The van der Waals surface area contributed by atoms with E-state index in [1.807, 2.05) is 37.3 Å². The number of aromatic nitrogens is 1. The Morgan fingerprint density at radius 1 is 1.04 bits per heavy atom. The number of ether oxygens (including phenoxy) is 1. The van der Waals surface area contributed by atoms with Crippen LogP contribution in [0, 0.1) is 13.8 Å². The van der Waals surface area contributed by atoms with E-state index in [-0.39, 0.29) is 23.7 Å². The van der Waals surface area contributed by atoms with E-state index in [2.05, 4.69) is 4.98 Å². The normalized spacial score (nSPS) is 11.4. The lowest BCUT2D eigenvalue weighted by Gasteiger charge is -2.05. The number of carbonyl (C=O) groups excluding carboxylic acids is 1. The van der Waals surface area contributed by atoms with Crippen molar-refractivity contribution >= 4 is 15.8 Å². The molecule has 0 aliphatic carbocycles. The number of oxazole rings is 1. The first-order chi connectivity index (χ1) is 13.3. The molecule has 0 fully saturated rings. The van der Waals surface area contributed by atoms with Gasteiger partial charge in [-0.2, -0.15) is 0 Å². The molecule has 0 saturated heterocycles. The maximum Gasteiger partial charge on any atom is 0.307 e. The summed E-state index contributed by atoms with van der Waals surface area (Å²) in [4.78, 5) is 16.5. The molecule has 0 unspecified atom stereocenters. The Kier molecular flexibility index (Phi) is 5.94. The van der Waals surface area contributed by atoms with Crippen LogP contribution >= 0.6 is 0 Å². The molecule has 0 aliphatic heterocycles. The third-order valence-electron chi connectivity index (χ3n) is 4.24. The van der Waals surface area contributed by atoms with Crippen LogP contribution in [-0.4, -0.2) is 25.1 Å². The predicted octanol–water partition coefficient (Wildman–Crippen LogP) is 3.87. The summed E-state index contributed by atoms with van der Waals surface area (Å²) >= 11 is 0. The molecular formula is C21H21NO5S. The second-order valence-electron chi connectivity index (χ2n) is 6.43. The average Bonchev–Trinajstić information content (AvgIpc) is 3.06. The summed E-state index contributed by atoms with van der Waals surface area (Å²) in [5.74, 6) is 0.103. The molecule has 0 atom stereocenters. The van der Waals surface area contributed by atoms with Crippen molar-refractivity contribution in [1.82, 2.24) is 4.98 Å². The molecule has 0 amide bonds. The maximum absolute atomic E-state index is 12.3.